The van der Waals surface area contributed by atoms with Crippen molar-refractivity contribution in [1.29, 1.82) is 0 Å². The van der Waals surface area contributed by atoms with Crippen LogP contribution in [0, 0.1) is 5.92 Å². The third kappa shape index (κ3) is 4.98. The maximum atomic E-state index is 13.5. The molecule has 0 aromatic heterocycles. The van der Waals surface area contributed by atoms with Gasteiger partial charge < -0.3 is 14.6 Å². The summed E-state index contributed by atoms with van der Waals surface area (Å²) in [5.41, 5.74) is 5.34. The van der Waals surface area contributed by atoms with Gasteiger partial charge in [-0.2, -0.15) is 0 Å². The molecule has 36 heavy (non-hydrogen) atoms. The maximum absolute atomic E-state index is 13.5. The van der Waals surface area contributed by atoms with Crippen LogP contribution in [0.3, 0.4) is 0 Å². The summed E-state index contributed by atoms with van der Waals surface area (Å²) in [6.45, 7) is 8.97. The van der Waals surface area contributed by atoms with Gasteiger partial charge in [0.1, 0.15) is 36.6 Å². The zero-order valence-electron chi connectivity index (χ0n) is 21.2. The molecule has 2 heterocycles. The predicted molar refractivity (Wildman–Crippen MR) is 142 cm³/mol. The van der Waals surface area contributed by atoms with Crippen LogP contribution in [0.15, 0.2) is 66.7 Å². The minimum Gasteiger partial charge on any atom is -0.508 e. The molecule has 0 spiro atoms. The molecule has 5 rings (SSSR count). The highest BCUT2D eigenvalue weighted by Crippen LogP contribution is 2.47. The molecule has 3 atom stereocenters. The Hall–Kier alpha value is -3.31. The van der Waals surface area contributed by atoms with Gasteiger partial charge in [0.15, 0.2) is 0 Å². The van der Waals surface area contributed by atoms with E-state index in [2.05, 4.69) is 18.7 Å². The Morgan fingerprint density at radius 1 is 1.11 bits per heavy atom. The number of allylic oxidation sites excluding steroid dienone is 1. The molecule has 0 bridgehead atoms. The molecule has 2 aliphatic heterocycles. The Morgan fingerprint density at radius 3 is 2.64 bits per heavy atom. The van der Waals surface area contributed by atoms with E-state index in [0.29, 0.717) is 18.2 Å². The van der Waals surface area contributed by atoms with Gasteiger partial charge in [0.05, 0.1) is 0 Å². The second-order valence-electron chi connectivity index (χ2n) is 10.2. The van der Waals surface area contributed by atoms with Crippen molar-refractivity contribution in [2.75, 3.05) is 19.7 Å². The van der Waals surface area contributed by atoms with E-state index in [4.69, 9.17) is 9.47 Å². The molecule has 0 radical (unpaired) electrons. The monoisotopic (exact) mass is 487 g/mol. The Bertz CT molecular complexity index is 1250. The van der Waals surface area contributed by atoms with Gasteiger partial charge in [-0.3, -0.25) is 4.90 Å². The van der Waals surface area contributed by atoms with Crippen LogP contribution < -0.4 is 9.47 Å². The second-order valence-corrected chi connectivity index (χ2v) is 10.2. The van der Waals surface area contributed by atoms with E-state index in [-0.39, 0.29) is 11.9 Å². The number of phenolic OH excluding ortho intramolecular Hbond substituents is 1. The van der Waals surface area contributed by atoms with Crippen molar-refractivity contribution >= 4 is 11.1 Å². The van der Waals surface area contributed by atoms with E-state index >= 15 is 0 Å². The maximum Gasteiger partial charge on any atom is 0.150 e. The Labute approximate surface area is 213 Å². The summed E-state index contributed by atoms with van der Waals surface area (Å²) in [6.07, 6.45) is 0.892. The van der Waals surface area contributed by atoms with Crippen LogP contribution in [0.5, 0.6) is 17.2 Å². The lowest BCUT2D eigenvalue weighted by Crippen LogP contribution is -2.35. The average molecular weight is 488 g/mol. The minimum absolute atomic E-state index is 0.186. The molecule has 3 aromatic carbocycles. The standard InChI is InChI=1S/C31H34FNO3/c1-20-13-14-33(18-20)21(2)19-35-27-10-7-24(8-11-27)31-30(25-6-4-5-23(15-25)17-32)22(3)28-16-26(34)9-12-29(28)36-31/h4-12,15-16,20-21,31,34H,13-14,17-19H2,1-3H3/t20-,21+,31?/m1/s1. The highest BCUT2D eigenvalue weighted by molar-refractivity contribution is 5.95. The van der Waals surface area contributed by atoms with Gasteiger partial charge in [-0.1, -0.05) is 37.3 Å². The lowest BCUT2D eigenvalue weighted by Gasteiger charge is -2.31. The Kier molecular flexibility index (Phi) is 7.01. The van der Waals surface area contributed by atoms with Crippen LogP contribution in [0.2, 0.25) is 0 Å². The van der Waals surface area contributed by atoms with E-state index < -0.39 is 6.67 Å². The van der Waals surface area contributed by atoms with E-state index in [1.54, 1.807) is 24.3 Å². The first-order chi connectivity index (χ1) is 17.4. The smallest absolute Gasteiger partial charge is 0.150 e. The van der Waals surface area contributed by atoms with Gasteiger partial charge in [0.25, 0.3) is 0 Å². The molecule has 1 fully saturated rings. The number of fused-ring (bicyclic) bond motifs is 1. The third-order valence-electron chi connectivity index (χ3n) is 7.42. The number of alkyl halides is 1. The highest BCUT2D eigenvalue weighted by atomic mass is 19.1. The van der Waals surface area contributed by atoms with E-state index in [9.17, 15) is 9.50 Å². The predicted octanol–water partition coefficient (Wildman–Crippen LogP) is 7.04. The molecular weight excluding hydrogens is 453 g/mol. The number of aromatic hydroxyl groups is 1. The fraction of sp³-hybridized carbons (Fsp3) is 0.355. The third-order valence-corrected chi connectivity index (χ3v) is 7.42. The number of hydrogen-bond acceptors (Lipinski definition) is 4. The first kappa shape index (κ1) is 24.4. The zero-order chi connectivity index (χ0) is 25.2. The van der Waals surface area contributed by atoms with Gasteiger partial charge in [-0.25, -0.2) is 4.39 Å². The molecule has 2 aliphatic rings. The number of hydrogen-bond donors (Lipinski definition) is 1. The topological polar surface area (TPSA) is 41.9 Å². The second kappa shape index (κ2) is 10.4. The summed E-state index contributed by atoms with van der Waals surface area (Å²) >= 11 is 0. The molecule has 1 unspecified atom stereocenters. The summed E-state index contributed by atoms with van der Waals surface area (Å²) in [7, 11) is 0. The summed E-state index contributed by atoms with van der Waals surface area (Å²) < 4.78 is 26.1. The number of ether oxygens (including phenoxy) is 2. The Morgan fingerprint density at radius 2 is 1.92 bits per heavy atom. The zero-order valence-corrected chi connectivity index (χ0v) is 21.2. The molecule has 3 aromatic rings. The molecular formula is C31H34FNO3. The summed E-state index contributed by atoms with van der Waals surface area (Å²) in [5.74, 6) is 2.49. The van der Waals surface area contributed by atoms with E-state index in [0.717, 1.165) is 58.3 Å². The summed E-state index contributed by atoms with van der Waals surface area (Å²) in [5, 5.41) is 10.1. The number of phenols is 1. The molecule has 1 N–H and O–H groups in total. The van der Waals surface area contributed by atoms with Gasteiger partial charge >= 0.3 is 0 Å². The quantitative estimate of drug-likeness (QED) is 0.388. The molecule has 0 aliphatic carbocycles. The van der Waals surface area contributed by atoms with Gasteiger partial charge in [-0.05, 0) is 91.4 Å². The summed E-state index contributed by atoms with van der Waals surface area (Å²) in [6, 6.07) is 21.1. The van der Waals surface area contributed by atoms with Crippen LogP contribution in [-0.2, 0) is 6.67 Å². The summed E-state index contributed by atoms with van der Waals surface area (Å²) in [4.78, 5) is 2.50. The Balaban J connectivity index is 1.42. The van der Waals surface area contributed by atoms with Crippen LogP contribution in [-0.4, -0.2) is 35.7 Å². The minimum atomic E-state index is -0.524. The first-order valence-electron chi connectivity index (χ1n) is 12.8. The first-order valence-corrected chi connectivity index (χ1v) is 12.8. The number of rotatable bonds is 7. The molecule has 0 amide bonds. The number of likely N-dealkylation sites (tertiary alicyclic amines) is 1. The van der Waals surface area contributed by atoms with Crippen molar-refractivity contribution in [3.63, 3.8) is 0 Å². The largest absolute Gasteiger partial charge is 0.508 e. The molecule has 0 saturated carbocycles. The molecule has 1 saturated heterocycles. The van der Waals surface area contributed by atoms with Crippen LogP contribution in [0.1, 0.15) is 55.5 Å². The fourth-order valence-electron chi connectivity index (χ4n) is 5.30. The number of nitrogens with zero attached hydrogens (tertiary/aromatic N) is 1. The molecule has 4 nitrogen and oxygen atoms in total. The van der Waals surface area contributed by atoms with E-state index in [1.165, 1.54) is 6.42 Å². The van der Waals surface area contributed by atoms with Crippen molar-refractivity contribution in [1.82, 2.24) is 4.90 Å². The van der Waals surface area contributed by atoms with Crippen molar-refractivity contribution in [3.8, 4) is 17.2 Å². The molecule has 5 heteroatoms. The van der Waals surface area contributed by atoms with Crippen molar-refractivity contribution in [2.45, 2.75) is 46.0 Å². The van der Waals surface area contributed by atoms with Gasteiger partial charge in [0.2, 0.25) is 0 Å². The average Bonchev–Trinajstić information content (AvgIpc) is 3.34. The van der Waals surface area contributed by atoms with Crippen molar-refractivity contribution in [3.05, 3.63) is 89.0 Å². The van der Waals surface area contributed by atoms with Crippen molar-refractivity contribution in [2.24, 2.45) is 5.92 Å². The molecule has 188 valence electrons. The number of halogens is 1. The normalized spacial score (nSPS) is 20.7. The lowest BCUT2D eigenvalue weighted by atomic mass is 9.85. The van der Waals surface area contributed by atoms with Crippen molar-refractivity contribution < 1.29 is 19.0 Å². The lowest BCUT2D eigenvalue weighted by molar-refractivity contribution is 0.169. The van der Waals surface area contributed by atoms with Crippen LogP contribution in [0.25, 0.3) is 11.1 Å². The van der Waals surface area contributed by atoms with Gasteiger partial charge in [-0.15, -0.1) is 0 Å². The fourth-order valence-corrected chi connectivity index (χ4v) is 5.30. The SMILES string of the molecule is CC1=C(c2cccc(CF)c2)C(c2ccc(OC[C@H](C)N3CC[C@@H](C)C3)cc2)Oc2ccc(O)cc21. The highest BCUT2D eigenvalue weighted by Gasteiger charge is 2.30. The van der Waals surface area contributed by atoms with Crippen LogP contribution >= 0.6 is 0 Å². The van der Waals surface area contributed by atoms with Crippen LogP contribution in [0.4, 0.5) is 4.39 Å². The number of benzene rings is 3. The van der Waals surface area contributed by atoms with Gasteiger partial charge in [0, 0.05) is 23.7 Å². The van der Waals surface area contributed by atoms with E-state index in [1.807, 2.05) is 49.4 Å².